The van der Waals surface area contributed by atoms with Gasteiger partial charge in [0.15, 0.2) is 10.6 Å². The van der Waals surface area contributed by atoms with Crippen LogP contribution in [0.1, 0.15) is 11.4 Å². The summed E-state index contributed by atoms with van der Waals surface area (Å²) in [5.41, 5.74) is 3.63. The quantitative estimate of drug-likeness (QED) is 0.480. The Hall–Kier alpha value is -3.33. The molecular weight excluding hydrogens is 350 g/mol. The lowest BCUT2D eigenvalue weighted by molar-refractivity contribution is 0.886. The molecule has 0 spiro atoms. The zero-order chi connectivity index (χ0) is 17.8. The van der Waals surface area contributed by atoms with Crippen molar-refractivity contribution < 1.29 is 0 Å². The van der Waals surface area contributed by atoms with Gasteiger partial charge < -0.3 is 0 Å². The Labute approximate surface area is 151 Å². The highest BCUT2D eigenvalue weighted by Gasteiger charge is 2.18. The van der Waals surface area contributed by atoms with E-state index in [2.05, 4.69) is 20.1 Å². The summed E-state index contributed by atoms with van der Waals surface area (Å²) in [7, 11) is 0. The molecule has 0 amide bonds. The van der Waals surface area contributed by atoms with Crippen LogP contribution < -0.4 is 5.56 Å². The zero-order valence-corrected chi connectivity index (χ0v) is 14.8. The predicted molar refractivity (Wildman–Crippen MR) is 97.9 cm³/mol. The molecule has 0 aliphatic carbocycles. The van der Waals surface area contributed by atoms with E-state index in [-0.39, 0.29) is 5.56 Å². The molecule has 8 nitrogen and oxygen atoms in total. The third-order valence-electron chi connectivity index (χ3n) is 4.24. The minimum absolute atomic E-state index is 0.146. The fourth-order valence-corrected chi connectivity index (χ4v) is 3.78. The van der Waals surface area contributed by atoms with Gasteiger partial charge in [0.1, 0.15) is 11.5 Å². The molecule has 5 heterocycles. The van der Waals surface area contributed by atoms with Crippen LogP contribution in [0.2, 0.25) is 0 Å². The van der Waals surface area contributed by atoms with Crippen molar-refractivity contribution >= 4 is 21.9 Å². The number of fused-ring (bicyclic) bond motifs is 2. The van der Waals surface area contributed by atoms with E-state index in [9.17, 15) is 4.79 Å². The standard InChI is InChI=1S/C17H13N7OS/c1-10-7-11(2)24-15(21-10)12(8-20-24)14-18-3-4-22(14)13-9-19-17-23(16(13)25)5-6-26-17/h3-9H,1-2H3. The molecule has 0 saturated heterocycles. The molecule has 128 valence electrons. The summed E-state index contributed by atoms with van der Waals surface area (Å²) in [6.45, 7) is 3.92. The molecule has 0 radical (unpaired) electrons. The molecule has 0 N–H and O–H groups in total. The van der Waals surface area contributed by atoms with Crippen LogP contribution in [0.3, 0.4) is 0 Å². The number of nitrogens with zero attached hydrogens (tertiary/aromatic N) is 7. The highest BCUT2D eigenvalue weighted by molar-refractivity contribution is 7.15. The monoisotopic (exact) mass is 363 g/mol. The minimum Gasteiger partial charge on any atom is -0.293 e. The Bertz CT molecular complexity index is 1340. The average Bonchev–Trinajstić information content (AvgIpc) is 3.33. The fraction of sp³-hybridized carbons (Fsp3) is 0.118. The predicted octanol–water partition coefficient (Wildman–Crippen LogP) is 2.27. The lowest BCUT2D eigenvalue weighted by Gasteiger charge is -2.07. The molecule has 0 aliphatic heterocycles. The first-order valence-corrected chi connectivity index (χ1v) is 8.82. The molecule has 0 unspecified atom stereocenters. The summed E-state index contributed by atoms with van der Waals surface area (Å²) in [5.74, 6) is 0.603. The number of rotatable bonds is 2. The van der Waals surface area contributed by atoms with E-state index in [4.69, 9.17) is 0 Å². The van der Waals surface area contributed by atoms with Crippen molar-refractivity contribution in [3.63, 3.8) is 0 Å². The molecule has 0 fully saturated rings. The topological polar surface area (TPSA) is 82.4 Å². The highest BCUT2D eigenvalue weighted by Crippen LogP contribution is 2.24. The molecule has 5 aromatic rings. The molecule has 0 atom stereocenters. The van der Waals surface area contributed by atoms with Crippen molar-refractivity contribution in [2.45, 2.75) is 13.8 Å². The maximum atomic E-state index is 12.8. The Morgan fingerprint density at radius 3 is 2.88 bits per heavy atom. The van der Waals surface area contributed by atoms with Gasteiger partial charge in [-0.25, -0.2) is 19.5 Å². The largest absolute Gasteiger partial charge is 0.293 e. The Balaban J connectivity index is 1.78. The van der Waals surface area contributed by atoms with E-state index in [1.165, 1.54) is 15.7 Å². The van der Waals surface area contributed by atoms with Crippen LogP contribution >= 0.6 is 11.3 Å². The number of hydrogen-bond acceptors (Lipinski definition) is 6. The SMILES string of the molecule is Cc1cc(C)n2ncc(-c3nccn3-c3cnc4sccn4c3=O)c2n1. The van der Waals surface area contributed by atoms with Gasteiger partial charge in [-0.3, -0.25) is 13.8 Å². The van der Waals surface area contributed by atoms with Crippen LogP contribution in [-0.4, -0.2) is 33.5 Å². The second kappa shape index (κ2) is 5.33. The first-order valence-electron chi connectivity index (χ1n) is 7.94. The van der Waals surface area contributed by atoms with Crippen LogP contribution in [0.5, 0.6) is 0 Å². The van der Waals surface area contributed by atoms with Crippen LogP contribution in [0.25, 0.3) is 27.7 Å². The van der Waals surface area contributed by atoms with E-state index in [1.54, 1.807) is 40.1 Å². The van der Waals surface area contributed by atoms with E-state index >= 15 is 0 Å². The summed E-state index contributed by atoms with van der Waals surface area (Å²) in [6, 6.07) is 1.97. The van der Waals surface area contributed by atoms with Crippen LogP contribution in [0.4, 0.5) is 0 Å². The Kier molecular flexibility index (Phi) is 3.07. The van der Waals surface area contributed by atoms with Crippen molar-refractivity contribution in [3.8, 4) is 17.1 Å². The van der Waals surface area contributed by atoms with Crippen molar-refractivity contribution in [1.82, 2.24) is 33.5 Å². The van der Waals surface area contributed by atoms with Crippen LogP contribution in [-0.2, 0) is 0 Å². The van der Waals surface area contributed by atoms with Gasteiger partial charge in [-0.05, 0) is 19.9 Å². The molecular formula is C17H13N7OS. The fourth-order valence-electron chi connectivity index (χ4n) is 3.11. The molecule has 9 heteroatoms. The third-order valence-corrected chi connectivity index (χ3v) is 5.01. The van der Waals surface area contributed by atoms with Crippen molar-refractivity contribution in [2.24, 2.45) is 0 Å². The molecule has 0 aliphatic rings. The van der Waals surface area contributed by atoms with Gasteiger partial charge in [-0.2, -0.15) is 5.10 Å². The van der Waals surface area contributed by atoms with Crippen LogP contribution in [0, 0.1) is 13.8 Å². The lowest BCUT2D eigenvalue weighted by atomic mass is 10.3. The smallest absolute Gasteiger partial charge is 0.282 e. The molecule has 5 rings (SSSR count). The first-order chi connectivity index (χ1) is 12.6. The Morgan fingerprint density at radius 1 is 1.12 bits per heavy atom. The lowest BCUT2D eigenvalue weighted by Crippen LogP contribution is -2.19. The summed E-state index contributed by atoms with van der Waals surface area (Å²) < 4.78 is 5.04. The van der Waals surface area contributed by atoms with E-state index in [1.807, 2.05) is 25.3 Å². The summed E-state index contributed by atoms with van der Waals surface area (Å²) in [5, 5.41) is 6.25. The maximum Gasteiger partial charge on any atom is 0.282 e. The second-order valence-electron chi connectivity index (χ2n) is 5.96. The highest BCUT2D eigenvalue weighted by atomic mass is 32.1. The zero-order valence-electron chi connectivity index (χ0n) is 14.0. The van der Waals surface area contributed by atoms with E-state index in [0.717, 1.165) is 17.0 Å². The van der Waals surface area contributed by atoms with Crippen molar-refractivity contribution in [2.75, 3.05) is 0 Å². The molecule has 0 saturated carbocycles. The molecule has 0 aromatic carbocycles. The van der Waals surface area contributed by atoms with E-state index < -0.39 is 0 Å². The summed E-state index contributed by atoms with van der Waals surface area (Å²) in [4.78, 5) is 26.9. The molecule has 26 heavy (non-hydrogen) atoms. The molecule has 5 aromatic heterocycles. The van der Waals surface area contributed by atoms with E-state index in [0.29, 0.717) is 22.1 Å². The van der Waals surface area contributed by atoms with Crippen molar-refractivity contribution in [1.29, 1.82) is 0 Å². The van der Waals surface area contributed by atoms with Gasteiger partial charge in [-0.15, -0.1) is 11.3 Å². The number of imidazole rings is 1. The van der Waals surface area contributed by atoms with Gasteiger partial charge in [-0.1, -0.05) is 0 Å². The summed E-state index contributed by atoms with van der Waals surface area (Å²) >= 11 is 1.42. The van der Waals surface area contributed by atoms with Gasteiger partial charge in [0.25, 0.3) is 5.56 Å². The van der Waals surface area contributed by atoms with Gasteiger partial charge in [0.2, 0.25) is 0 Å². The number of aromatic nitrogens is 7. The minimum atomic E-state index is -0.146. The maximum absolute atomic E-state index is 12.8. The van der Waals surface area contributed by atoms with Gasteiger partial charge in [0.05, 0.1) is 18.0 Å². The number of hydrogen-bond donors (Lipinski definition) is 0. The van der Waals surface area contributed by atoms with Crippen LogP contribution in [0.15, 0.2) is 47.2 Å². The first kappa shape index (κ1) is 15.0. The summed E-state index contributed by atoms with van der Waals surface area (Å²) in [6.07, 6.45) is 8.43. The van der Waals surface area contributed by atoms with Gasteiger partial charge >= 0.3 is 0 Å². The van der Waals surface area contributed by atoms with Gasteiger partial charge in [0, 0.05) is 35.4 Å². The number of aryl methyl sites for hydroxylation is 2. The van der Waals surface area contributed by atoms with Crippen molar-refractivity contribution in [3.05, 3.63) is 64.2 Å². The molecule has 0 bridgehead atoms. The third kappa shape index (κ3) is 2.04. The number of thiazole rings is 1. The second-order valence-corrected chi connectivity index (χ2v) is 6.83. The normalized spacial score (nSPS) is 11.6. The average molecular weight is 363 g/mol. The Morgan fingerprint density at radius 2 is 2.00 bits per heavy atom.